The van der Waals surface area contributed by atoms with Gasteiger partial charge in [-0.1, -0.05) is 61.0 Å². The van der Waals surface area contributed by atoms with Crippen molar-refractivity contribution in [2.75, 3.05) is 10.8 Å². The van der Waals surface area contributed by atoms with Gasteiger partial charge in [0.15, 0.2) is 0 Å². The van der Waals surface area contributed by atoms with Crippen LogP contribution in [0.15, 0.2) is 83.8 Å². The number of carbonyl (C=O) groups is 2. The van der Waals surface area contributed by atoms with E-state index >= 15 is 0 Å². The molecule has 1 atom stereocenters. The number of hydrogen-bond acceptors (Lipinski definition) is 4. The van der Waals surface area contributed by atoms with E-state index < -0.39 is 34.3 Å². The Morgan fingerprint density at radius 3 is 2.13 bits per heavy atom. The van der Waals surface area contributed by atoms with E-state index in [0.29, 0.717) is 10.6 Å². The third kappa shape index (κ3) is 7.11. The lowest BCUT2D eigenvalue weighted by molar-refractivity contribution is -0.140. The topological polar surface area (TPSA) is 86.8 Å². The summed E-state index contributed by atoms with van der Waals surface area (Å²) >= 11 is 6.01. The van der Waals surface area contributed by atoms with Gasteiger partial charge in [0.2, 0.25) is 11.8 Å². The van der Waals surface area contributed by atoms with Gasteiger partial charge >= 0.3 is 0 Å². The van der Waals surface area contributed by atoms with Gasteiger partial charge in [0.05, 0.1) is 10.6 Å². The van der Waals surface area contributed by atoms with Crippen LogP contribution in [0.2, 0.25) is 5.02 Å². The summed E-state index contributed by atoms with van der Waals surface area (Å²) in [6.07, 6.45) is 0.281. The first kappa shape index (κ1) is 29.1. The largest absolute Gasteiger partial charge is 0.352 e. The molecule has 0 radical (unpaired) electrons. The summed E-state index contributed by atoms with van der Waals surface area (Å²) in [4.78, 5) is 28.2. The van der Waals surface area contributed by atoms with Crippen LogP contribution in [0.5, 0.6) is 0 Å². The summed E-state index contributed by atoms with van der Waals surface area (Å²) in [5.41, 5.74) is 0.428. The summed E-state index contributed by atoms with van der Waals surface area (Å²) in [5.74, 6) is -1.82. The van der Waals surface area contributed by atoms with E-state index in [1.54, 1.807) is 49.4 Å². The number of hydrogen-bond donors (Lipinski definition) is 1. The van der Waals surface area contributed by atoms with Gasteiger partial charge in [-0.05, 0) is 62.2 Å². The van der Waals surface area contributed by atoms with E-state index in [1.807, 2.05) is 13.8 Å². The molecule has 1 N–H and O–H groups in total. The minimum absolute atomic E-state index is 0.0243. The Morgan fingerprint density at radius 2 is 1.55 bits per heavy atom. The van der Waals surface area contributed by atoms with Crippen LogP contribution in [0, 0.1) is 5.82 Å². The van der Waals surface area contributed by atoms with Crippen LogP contribution in [0.1, 0.15) is 32.8 Å². The maximum absolute atomic E-state index is 14.9. The Balaban J connectivity index is 2.06. The second-order valence-electron chi connectivity index (χ2n) is 9.01. The van der Waals surface area contributed by atoms with Gasteiger partial charge in [-0.2, -0.15) is 0 Å². The van der Waals surface area contributed by atoms with Crippen molar-refractivity contribution in [1.29, 1.82) is 0 Å². The van der Waals surface area contributed by atoms with Gasteiger partial charge < -0.3 is 10.2 Å². The first-order valence-corrected chi connectivity index (χ1v) is 14.0. The summed E-state index contributed by atoms with van der Waals surface area (Å²) < 4.78 is 43.0. The van der Waals surface area contributed by atoms with Crippen molar-refractivity contribution in [2.45, 2.75) is 50.7 Å². The van der Waals surface area contributed by atoms with E-state index in [-0.39, 0.29) is 35.5 Å². The van der Waals surface area contributed by atoms with Gasteiger partial charge in [0.25, 0.3) is 10.0 Å². The number of anilines is 1. The maximum Gasteiger partial charge on any atom is 0.264 e. The number of nitrogens with one attached hydrogen (secondary N) is 1. The number of rotatable bonds is 11. The van der Waals surface area contributed by atoms with Gasteiger partial charge in [-0.15, -0.1) is 0 Å². The quantitative estimate of drug-likeness (QED) is 0.358. The summed E-state index contributed by atoms with van der Waals surface area (Å²) in [6, 6.07) is 18.6. The predicted molar refractivity (Wildman–Crippen MR) is 147 cm³/mol. The third-order valence-corrected chi connectivity index (χ3v) is 7.84. The van der Waals surface area contributed by atoms with Crippen LogP contribution < -0.4 is 9.62 Å². The molecule has 0 aliphatic carbocycles. The minimum atomic E-state index is -4.33. The number of amides is 2. The second kappa shape index (κ2) is 12.9. The smallest absolute Gasteiger partial charge is 0.264 e. The van der Waals surface area contributed by atoms with Crippen LogP contribution in [0.3, 0.4) is 0 Å². The Bertz CT molecular complexity index is 1350. The molecule has 202 valence electrons. The lowest BCUT2D eigenvalue weighted by Gasteiger charge is -2.33. The van der Waals surface area contributed by atoms with Crippen LogP contribution in [0.4, 0.5) is 10.1 Å². The molecular weight excluding hydrogens is 529 g/mol. The Labute approximate surface area is 228 Å². The molecule has 2 amide bonds. The average molecular weight is 560 g/mol. The van der Waals surface area contributed by atoms with Crippen LogP contribution in [0.25, 0.3) is 0 Å². The number of para-hydroxylation sites is 1. The molecule has 0 aromatic heterocycles. The SMILES string of the molecule is CCC(C(=O)NC(C)C)N(Cc1ccc(Cl)cc1)C(=O)CN(c1ccccc1F)S(=O)(=O)c1ccccc1. The highest BCUT2D eigenvalue weighted by atomic mass is 35.5. The lowest BCUT2D eigenvalue weighted by Crippen LogP contribution is -2.53. The summed E-state index contributed by atoms with van der Waals surface area (Å²) in [6.45, 7) is 4.69. The van der Waals surface area contributed by atoms with Crippen molar-refractivity contribution in [1.82, 2.24) is 10.2 Å². The van der Waals surface area contributed by atoms with Crippen LogP contribution in [-0.2, 0) is 26.2 Å². The molecule has 0 aliphatic heterocycles. The van der Waals surface area contributed by atoms with Crippen molar-refractivity contribution < 1.29 is 22.4 Å². The van der Waals surface area contributed by atoms with Gasteiger partial charge in [-0.25, -0.2) is 12.8 Å². The van der Waals surface area contributed by atoms with E-state index in [1.165, 1.54) is 35.2 Å². The molecule has 0 saturated heterocycles. The second-order valence-corrected chi connectivity index (χ2v) is 11.3. The Morgan fingerprint density at radius 1 is 0.947 bits per heavy atom. The Hall–Kier alpha value is -3.43. The zero-order valence-electron chi connectivity index (χ0n) is 21.5. The minimum Gasteiger partial charge on any atom is -0.352 e. The highest BCUT2D eigenvalue weighted by Crippen LogP contribution is 2.27. The lowest BCUT2D eigenvalue weighted by atomic mass is 10.1. The predicted octanol–water partition coefficient (Wildman–Crippen LogP) is 5.01. The molecule has 10 heteroatoms. The highest BCUT2D eigenvalue weighted by Gasteiger charge is 2.34. The first-order valence-electron chi connectivity index (χ1n) is 12.2. The van der Waals surface area contributed by atoms with Crippen molar-refractivity contribution in [3.05, 3.63) is 95.3 Å². The average Bonchev–Trinajstić information content (AvgIpc) is 2.88. The number of halogens is 2. The van der Waals surface area contributed by atoms with Gasteiger partial charge in [-0.3, -0.25) is 13.9 Å². The van der Waals surface area contributed by atoms with Crippen molar-refractivity contribution in [3.63, 3.8) is 0 Å². The highest BCUT2D eigenvalue weighted by molar-refractivity contribution is 7.92. The fourth-order valence-corrected chi connectivity index (χ4v) is 5.54. The number of carbonyl (C=O) groups excluding carboxylic acids is 2. The van der Waals surface area contributed by atoms with Crippen molar-refractivity contribution in [2.24, 2.45) is 0 Å². The maximum atomic E-state index is 14.9. The van der Waals surface area contributed by atoms with E-state index in [2.05, 4.69) is 5.32 Å². The van der Waals surface area contributed by atoms with E-state index in [0.717, 1.165) is 10.4 Å². The summed E-state index contributed by atoms with van der Waals surface area (Å²) in [7, 11) is -4.33. The first-order chi connectivity index (χ1) is 18.0. The normalized spacial score (nSPS) is 12.2. The van der Waals surface area contributed by atoms with Crippen LogP contribution >= 0.6 is 11.6 Å². The molecular formula is C28H31ClFN3O4S. The molecule has 1 unspecified atom stereocenters. The van der Waals surface area contributed by atoms with Gasteiger partial charge in [0, 0.05) is 17.6 Å². The molecule has 0 spiro atoms. The third-order valence-electron chi connectivity index (χ3n) is 5.81. The number of sulfonamides is 1. The molecule has 3 rings (SSSR count). The monoisotopic (exact) mass is 559 g/mol. The molecule has 0 heterocycles. The molecule has 3 aromatic carbocycles. The fourth-order valence-electron chi connectivity index (χ4n) is 3.97. The molecule has 0 fully saturated rings. The van der Waals surface area contributed by atoms with E-state index in [4.69, 9.17) is 11.6 Å². The zero-order valence-corrected chi connectivity index (χ0v) is 23.0. The fraction of sp³-hybridized carbons (Fsp3) is 0.286. The summed E-state index contributed by atoms with van der Waals surface area (Å²) in [5, 5.41) is 3.34. The molecule has 0 bridgehead atoms. The van der Waals surface area contributed by atoms with E-state index in [9.17, 15) is 22.4 Å². The molecule has 7 nitrogen and oxygen atoms in total. The Kier molecular flexibility index (Phi) is 9.88. The molecule has 0 aliphatic rings. The van der Waals surface area contributed by atoms with Crippen molar-refractivity contribution >= 4 is 39.1 Å². The number of nitrogens with zero attached hydrogens (tertiary/aromatic N) is 2. The standard InChI is InChI=1S/C28H31ClFN3O4S/c1-4-25(28(35)31-20(2)3)32(18-21-14-16-22(29)17-15-21)27(34)19-33(26-13-9-8-12-24(26)30)38(36,37)23-10-6-5-7-11-23/h5-17,20,25H,4,18-19H2,1-3H3,(H,31,35). The van der Waals surface area contributed by atoms with Gasteiger partial charge in [0.1, 0.15) is 18.4 Å². The molecule has 3 aromatic rings. The zero-order chi connectivity index (χ0) is 27.9. The molecule has 0 saturated carbocycles. The van der Waals surface area contributed by atoms with Crippen molar-refractivity contribution in [3.8, 4) is 0 Å². The van der Waals surface area contributed by atoms with Crippen LogP contribution in [-0.4, -0.2) is 43.8 Å². The number of benzene rings is 3. The molecule has 38 heavy (non-hydrogen) atoms.